The van der Waals surface area contributed by atoms with E-state index in [2.05, 4.69) is 32.3 Å². The zero-order valence-corrected chi connectivity index (χ0v) is 14.4. The largest absolute Gasteiger partial charge is 0.355 e. The van der Waals surface area contributed by atoms with Crippen LogP contribution >= 0.6 is 0 Å². The highest BCUT2D eigenvalue weighted by molar-refractivity contribution is 5.77. The molecule has 0 bridgehead atoms. The smallest absolute Gasteiger partial charge is 0.200 e. The molecule has 0 fully saturated rings. The third kappa shape index (κ3) is 3.79. The van der Waals surface area contributed by atoms with E-state index in [0.717, 1.165) is 17.5 Å². The highest BCUT2D eigenvalue weighted by atomic mass is 19.2. The van der Waals surface area contributed by atoms with E-state index in [4.69, 9.17) is 0 Å². The predicted molar refractivity (Wildman–Crippen MR) is 94.0 cm³/mol. The van der Waals surface area contributed by atoms with Gasteiger partial charge in [0, 0.05) is 11.4 Å². The van der Waals surface area contributed by atoms with Crippen LogP contribution in [-0.4, -0.2) is 0 Å². The van der Waals surface area contributed by atoms with Gasteiger partial charge in [-0.1, -0.05) is 39.1 Å². The average Bonchev–Trinajstić information content (AvgIpc) is 2.59. The molecule has 1 N–H and O–H groups in total. The fraction of sp³-hybridized carbons (Fsp3) is 0.200. The molecule has 138 valence electrons. The molecule has 0 saturated heterocycles. The summed E-state index contributed by atoms with van der Waals surface area (Å²) in [7, 11) is 0. The maximum atomic E-state index is 13.9. The molecule has 0 spiro atoms. The Labute approximate surface area is 148 Å². The van der Waals surface area contributed by atoms with Gasteiger partial charge in [0.05, 0.1) is 5.56 Å². The molecule has 6 heteroatoms. The fourth-order valence-electron chi connectivity index (χ4n) is 2.60. The van der Waals surface area contributed by atoms with E-state index in [1.54, 1.807) is 18.2 Å². The van der Waals surface area contributed by atoms with Gasteiger partial charge in [0.15, 0.2) is 23.3 Å². The molecular formula is C20H18F5N. The van der Waals surface area contributed by atoms with E-state index in [-0.39, 0.29) is 0 Å². The lowest BCUT2D eigenvalue weighted by molar-refractivity contribution is 0.376. The summed E-state index contributed by atoms with van der Waals surface area (Å²) in [6.45, 7) is 11.3. The SMILES string of the molecule is C=Cc1cc(NC(=C)c2c(F)c(F)c(F)c(F)c2F)ccc1CC(C)C. The predicted octanol–water partition coefficient (Wildman–Crippen LogP) is 6.31. The van der Waals surface area contributed by atoms with Crippen LogP contribution in [0.15, 0.2) is 31.4 Å². The normalized spacial score (nSPS) is 10.9. The van der Waals surface area contributed by atoms with E-state index in [0.29, 0.717) is 11.6 Å². The van der Waals surface area contributed by atoms with Crippen molar-refractivity contribution in [2.45, 2.75) is 20.3 Å². The molecule has 2 aromatic carbocycles. The van der Waals surface area contributed by atoms with Crippen LogP contribution in [0.1, 0.15) is 30.5 Å². The Morgan fingerprint density at radius 1 is 1.00 bits per heavy atom. The molecule has 1 nitrogen and oxygen atoms in total. The second-order valence-electron chi connectivity index (χ2n) is 6.26. The van der Waals surface area contributed by atoms with Crippen LogP contribution in [0.25, 0.3) is 11.8 Å². The van der Waals surface area contributed by atoms with Gasteiger partial charge in [0.2, 0.25) is 5.82 Å². The molecule has 2 rings (SSSR count). The average molecular weight is 367 g/mol. The van der Waals surface area contributed by atoms with Crippen molar-refractivity contribution in [1.29, 1.82) is 0 Å². The van der Waals surface area contributed by atoms with Gasteiger partial charge in [0.25, 0.3) is 0 Å². The molecule has 0 aliphatic heterocycles. The van der Waals surface area contributed by atoms with Gasteiger partial charge in [0.1, 0.15) is 0 Å². The lowest BCUT2D eigenvalue weighted by atomic mass is 9.97. The molecule has 0 aliphatic carbocycles. The molecular weight excluding hydrogens is 349 g/mol. The minimum Gasteiger partial charge on any atom is -0.355 e. The first-order valence-electron chi connectivity index (χ1n) is 7.90. The summed E-state index contributed by atoms with van der Waals surface area (Å²) in [5.74, 6) is -9.68. The first kappa shape index (κ1) is 19.7. The van der Waals surface area contributed by atoms with Crippen LogP contribution in [0.2, 0.25) is 0 Å². The molecule has 26 heavy (non-hydrogen) atoms. The summed E-state index contributed by atoms with van der Waals surface area (Å²) in [6, 6.07) is 5.12. The second-order valence-corrected chi connectivity index (χ2v) is 6.26. The Morgan fingerprint density at radius 2 is 1.54 bits per heavy atom. The van der Waals surface area contributed by atoms with Gasteiger partial charge in [-0.05, 0) is 35.6 Å². The van der Waals surface area contributed by atoms with E-state index in [1.807, 2.05) is 6.07 Å². The monoisotopic (exact) mass is 367 g/mol. The minimum atomic E-state index is -2.21. The van der Waals surface area contributed by atoms with Gasteiger partial charge in [-0.2, -0.15) is 0 Å². The maximum absolute atomic E-state index is 13.9. The van der Waals surface area contributed by atoms with Crippen LogP contribution in [-0.2, 0) is 6.42 Å². The number of benzene rings is 2. The summed E-state index contributed by atoms with van der Waals surface area (Å²) >= 11 is 0. The van der Waals surface area contributed by atoms with Crippen molar-refractivity contribution < 1.29 is 22.0 Å². The van der Waals surface area contributed by atoms with Crippen molar-refractivity contribution in [1.82, 2.24) is 0 Å². The zero-order valence-electron chi connectivity index (χ0n) is 14.4. The van der Waals surface area contributed by atoms with Crippen molar-refractivity contribution in [3.63, 3.8) is 0 Å². The second kappa shape index (κ2) is 7.72. The van der Waals surface area contributed by atoms with Gasteiger partial charge in [-0.3, -0.25) is 0 Å². The third-order valence-corrected chi connectivity index (χ3v) is 3.80. The molecule has 2 aromatic rings. The van der Waals surface area contributed by atoms with Crippen LogP contribution in [0.5, 0.6) is 0 Å². The van der Waals surface area contributed by atoms with Crippen LogP contribution < -0.4 is 5.32 Å². The first-order valence-corrected chi connectivity index (χ1v) is 7.90. The molecule has 0 aliphatic rings. The quantitative estimate of drug-likeness (QED) is 0.359. The minimum absolute atomic E-state index is 0.390. The molecule has 0 aromatic heterocycles. The standard InChI is InChI=1S/C20H18F5N/c1-5-12-9-14(7-6-13(12)8-10(2)3)26-11(4)15-16(21)18(23)20(25)19(24)17(15)22/h5-7,9-10,26H,1,4,8H2,2-3H3. The van der Waals surface area contributed by atoms with Crippen molar-refractivity contribution in [2.75, 3.05) is 5.32 Å². The maximum Gasteiger partial charge on any atom is 0.200 e. The Hall–Kier alpha value is -2.63. The number of hydrogen-bond donors (Lipinski definition) is 1. The number of nitrogens with one attached hydrogen (secondary N) is 1. The van der Waals surface area contributed by atoms with E-state index < -0.39 is 40.3 Å². The first-order chi connectivity index (χ1) is 12.2. The van der Waals surface area contributed by atoms with Crippen LogP contribution in [0, 0.1) is 35.0 Å². The topological polar surface area (TPSA) is 12.0 Å². The van der Waals surface area contributed by atoms with Gasteiger partial charge in [-0.15, -0.1) is 0 Å². The molecule has 0 saturated carbocycles. The zero-order chi connectivity index (χ0) is 19.6. The Balaban J connectivity index is 2.38. The Bertz CT molecular complexity index is 842. The number of anilines is 1. The molecule has 0 atom stereocenters. The summed E-state index contributed by atoms with van der Waals surface area (Å²) < 4.78 is 67.6. The van der Waals surface area contributed by atoms with E-state index in [9.17, 15) is 22.0 Å². The number of halogens is 5. The summed E-state index contributed by atoms with van der Waals surface area (Å²) in [5.41, 5.74) is 0.690. The van der Waals surface area contributed by atoms with Gasteiger partial charge < -0.3 is 5.32 Å². The van der Waals surface area contributed by atoms with Gasteiger partial charge in [-0.25, -0.2) is 22.0 Å². The number of rotatable bonds is 6. The summed E-state index contributed by atoms with van der Waals surface area (Å²) in [4.78, 5) is 0. The van der Waals surface area contributed by atoms with Crippen molar-refractivity contribution >= 4 is 17.5 Å². The van der Waals surface area contributed by atoms with Crippen molar-refractivity contribution in [3.05, 3.63) is 77.1 Å². The molecule has 0 radical (unpaired) electrons. The highest BCUT2D eigenvalue weighted by Gasteiger charge is 2.27. The van der Waals surface area contributed by atoms with E-state index in [1.165, 1.54) is 0 Å². The van der Waals surface area contributed by atoms with Crippen molar-refractivity contribution in [2.24, 2.45) is 5.92 Å². The van der Waals surface area contributed by atoms with Crippen molar-refractivity contribution in [3.8, 4) is 0 Å². The Kier molecular flexibility index (Phi) is 5.85. The third-order valence-electron chi connectivity index (χ3n) is 3.80. The lowest BCUT2D eigenvalue weighted by Gasteiger charge is -2.15. The van der Waals surface area contributed by atoms with Crippen LogP contribution in [0.4, 0.5) is 27.6 Å². The lowest BCUT2D eigenvalue weighted by Crippen LogP contribution is -2.10. The summed E-state index contributed by atoms with van der Waals surface area (Å²) in [5, 5.41) is 2.59. The fourth-order valence-corrected chi connectivity index (χ4v) is 2.60. The Morgan fingerprint density at radius 3 is 2.04 bits per heavy atom. The highest BCUT2D eigenvalue weighted by Crippen LogP contribution is 2.29. The number of hydrogen-bond acceptors (Lipinski definition) is 1. The molecule has 0 heterocycles. The molecule has 0 unspecified atom stereocenters. The summed E-state index contributed by atoms with van der Waals surface area (Å²) in [6.07, 6.45) is 2.43. The van der Waals surface area contributed by atoms with Gasteiger partial charge >= 0.3 is 0 Å². The van der Waals surface area contributed by atoms with Crippen LogP contribution in [0.3, 0.4) is 0 Å². The molecule has 0 amide bonds. The van der Waals surface area contributed by atoms with E-state index >= 15 is 0 Å².